The molecule has 1 aromatic heterocycles. The Hall–Kier alpha value is -2.75. The summed E-state index contributed by atoms with van der Waals surface area (Å²) in [4.78, 5) is 4.50. The number of aryl methyl sites for hydroxylation is 1. The molecule has 0 unspecified atom stereocenters. The van der Waals surface area contributed by atoms with E-state index in [0.29, 0.717) is 0 Å². The van der Waals surface area contributed by atoms with Crippen molar-refractivity contribution in [3.05, 3.63) is 65.9 Å². The number of rotatable bonds is 5. The van der Waals surface area contributed by atoms with Gasteiger partial charge in [0, 0.05) is 19.2 Å². The lowest BCUT2D eigenvalue weighted by Gasteiger charge is -2.10. The maximum atomic E-state index is 5.20. The van der Waals surface area contributed by atoms with Crippen LogP contribution in [0.15, 0.2) is 54.7 Å². The van der Waals surface area contributed by atoms with Crippen LogP contribution in [-0.2, 0) is 13.6 Å². The van der Waals surface area contributed by atoms with E-state index >= 15 is 0 Å². The van der Waals surface area contributed by atoms with E-state index in [-0.39, 0.29) is 0 Å². The van der Waals surface area contributed by atoms with Gasteiger partial charge in [0.15, 0.2) is 0 Å². The van der Waals surface area contributed by atoms with Gasteiger partial charge in [-0.15, -0.1) is 0 Å². The molecule has 0 spiro atoms. The van der Waals surface area contributed by atoms with Crippen LogP contribution in [0.4, 0.5) is 5.95 Å². The Kier molecular flexibility index (Phi) is 4.33. The van der Waals surface area contributed by atoms with Crippen LogP contribution in [0.3, 0.4) is 0 Å². The minimum atomic E-state index is 0.763. The van der Waals surface area contributed by atoms with Crippen LogP contribution < -0.4 is 10.1 Å². The van der Waals surface area contributed by atoms with Crippen molar-refractivity contribution in [2.24, 2.45) is 7.05 Å². The van der Waals surface area contributed by atoms with Crippen molar-refractivity contribution in [3.63, 3.8) is 0 Å². The molecule has 0 aliphatic rings. The fourth-order valence-electron chi connectivity index (χ4n) is 2.59. The highest BCUT2D eigenvalue weighted by Crippen LogP contribution is 2.24. The summed E-state index contributed by atoms with van der Waals surface area (Å²) in [6.45, 7) is 2.89. The number of aromatic nitrogens is 2. The lowest BCUT2D eigenvalue weighted by molar-refractivity contribution is 0.415. The van der Waals surface area contributed by atoms with Crippen LogP contribution >= 0.6 is 0 Å². The van der Waals surface area contributed by atoms with Gasteiger partial charge >= 0.3 is 0 Å². The largest absolute Gasteiger partial charge is 0.497 e. The Labute approximate surface area is 136 Å². The first-order valence-electron chi connectivity index (χ1n) is 7.63. The molecule has 23 heavy (non-hydrogen) atoms. The first-order valence-corrected chi connectivity index (χ1v) is 7.63. The molecule has 2 aromatic carbocycles. The third kappa shape index (κ3) is 3.21. The molecule has 0 amide bonds. The Morgan fingerprint density at radius 3 is 2.52 bits per heavy atom. The zero-order valence-corrected chi connectivity index (χ0v) is 13.7. The van der Waals surface area contributed by atoms with E-state index in [1.165, 1.54) is 11.1 Å². The number of methoxy groups -OCH3 is 1. The molecule has 4 heteroatoms. The summed E-state index contributed by atoms with van der Waals surface area (Å²) in [7, 11) is 3.69. The maximum absolute atomic E-state index is 5.20. The molecule has 3 rings (SSSR count). The van der Waals surface area contributed by atoms with E-state index in [1.807, 2.05) is 37.5 Å². The first-order chi connectivity index (χ1) is 11.2. The predicted octanol–water partition coefficient (Wildman–Crippen LogP) is 4.02. The number of nitrogens with one attached hydrogen (secondary N) is 1. The van der Waals surface area contributed by atoms with Gasteiger partial charge in [-0.25, -0.2) is 4.98 Å². The lowest BCUT2D eigenvalue weighted by atomic mass is 10.1. The minimum absolute atomic E-state index is 0.763. The van der Waals surface area contributed by atoms with Crippen LogP contribution in [-0.4, -0.2) is 16.7 Å². The number of nitrogens with zero attached hydrogens (tertiary/aromatic N) is 2. The molecule has 0 aliphatic carbocycles. The van der Waals surface area contributed by atoms with E-state index in [9.17, 15) is 0 Å². The topological polar surface area (TPSA) is 39.1 Å². The number of imidazole rings is 1. The molecule has 0 radical (unpaired) electrons. The highest BCUT2D eigenvalue weighted by atomic mass is 16.5. The first kappa shape index (κ1) is 15.2. The second kappa shape index (κ2) is 6.57. The highest BCUT2D eigenvalue weighted by molar-refractivity contribution is 5.62. The van der Waals surface area contributed by atoms with Gasteiger partial charge in [0.1, 0.15) is 5.75 Å². The standard InChI is InChI=1S/C19H21N3O/c1-14-6-4-5-7-16(14)12-20-19-21-13-18(22(19)2)15-8-10-17(23-3)11-9-15/h4-11,13H,12H2,1-3H3,(H,20,21). The second-order valence-electron chi connectivity index (χ2n) is 5.53. The van der Waals surface area contributed by atoms with Gasteiger partial charge < -0.3 is 14.6 Å². The van der Waals surface area contributed by atoms with Gasteiger partial charge in [-0.3, -0.25) is 0 Å². The third-order valence-corrected chi connectivity index (χ3v) is 4.07. The molecule has 0 saturated carbocycles. The number of hydrogen-bond donors (Lipinski definition) is 1. The Morgan fingerprint density at radius 1 is 1.09 bits per heavy atom. The summed E-state index contributed by atoms with van der Waals surface area (Å²) in [5.41, 5.74) is 4.75. The molecule has 0 bridgehead atoms. The summed E-state index contributed by atoms with van der Waals surface area (Å²) < 4.78 is 7.27. The molecule has 118 valence electrons. The summed E-state index contributed by atoms with van der Waals surface area (Å²) in [6.07, 6.45) is 1.89. The monoisotopic (exact) mass is 307 g/mol. The van der Waals surface area contributed by atoms with E-state index in [2.05, 4.69) is 46.1 Å². The van der Waals surface area contributed by atoms with Crippen LogP contribution in [0.1, 0.15) is 11.1 Å². The van der Waals surface area contributed by atoms with Crippen LogP contribution in [0.2, 0.25) is 0 Å². The van der Waals surface area contributed by atoms with Crippen molar-refractivity contribution in [1.82, 2.24) is 9.55 Å². The SMILES string of the molecule is COc1ccc(-c2cnc(NCc3ccccc3C)n2C)cc1. The van der Waals surface area contributed by atoms with Gasteiger partial charge in [-0.1, -0.05) is 24.3 Å². The normalized spacial score (nSPS) is 10.6. The van der Waals surface area contributed by atoms with Crippen molar-refractivity contribution in [2.75, 3.05) is 12.4 Å². The summed E-state index contributed by atoms with van der Waals surface area (Å²) in [5, 5.41) is 3.41. The molecule has 4 nitrogen and oxygen atoms in total. The number of ether oxygens (including phenoxy) is 1. The minimum Gasteiger partial charge on any atom is -0.497 e. The molecular formula is C19H21N3O. The fraction of sp³-hybridized carbons (Fsp3) is 0.211. The van der Waals surface area contributed by atoms with E-state index in [4.69, 9.17) is 4.74 Å². The predicted molar refractivity (Wildman–Crippen MR) is 93.7 cm³/mol. The second-order valence-corrected chi connectivity index (χ2v) is 5.53. The van der Waals surface area contributed by atoms with Crippen LogP contribution in [0.25, 0.3) is 11.3 Å². The number of benzene rings is 2. The van der Waals surface area contributed by atoms with Crippen LogP contribution in [0, 0.1) is 6.92 Å². The zero-order chi connectivity index (χ0) is 16.2. The van der Waals surface area contributed by atoms with Crippen molar-refractivity contribution in [2.45, 2.75) is 13.5 Å². The Bertz CT molecular complexity index is 791. The van der Waals surface area contributed by atoms with Gasteiger partial charge in [-0.05, 0) is 42.3 Å². The third-order valence-electron chi connectivity index (χ3n) is 4.07. The molecule has 0 saturated heterocycles. The van der Waals surface area contributed by atoms with Crippen LogP contribution in [0.5, 0.6) is 5.75 Å². The molecule has 0 aliphatic heterocycles. The lowest BCUT2D eigenvalue weighted by Crippen LogP contribution is -2.06. The fourth-order valence-corrected chi connectivity index (χ4v) is 2.59. The van der Waals surface area contributed by atoms with Crippen molar-refractivity contribution in [3.8, 4) is 17.0 Å². The van der Waals surface area contributed by atoms with Crippen molar-refractivity contribution in [1.29, 1.82) is 0 Å². The van der Waals surface area contributed by atoms with E-state index < -0.39 is 0 Å². The quantitative estimate of drug-likeness (QED) is 0.774. The molecular weight excluding hydrogens is 286 g/mol. The van der Waals surface area contributed by atoms with Gasteiger partial charge in [0.05, 0.1) is 19.0 Å². The van der Waals surface area contributed by atoms with Gasteiger partial charge in [0.2, 0.25) is 5.95 Å². The summed E-state index contributed by atoms with van der Waals surface area (Å²) in [6, 6.07) is 16.4. The average molecular weight is 307 g/mol. The Balaban J connectivity index is 1.77. The molecule has 0 fully saturated rings. The Morgan fingerprint density at radius 2 is 1.83 bits per heavy atom. The summed E-state index contributed by atoms with van der Waals surface area (Å²) >= 11 is 0. The molecule has 1 heterocycles. The molecule has 3 aromatic rings. The van der Waals surface area contributed by atoms with Gasteiger partial charge in [0.25, 0.3) is 0 Å². The number of anilines is 1. The van der Waals surface area contributed by atoms with Crippen molar-refractivity contribution < 1.29 is 4.74 Å². The average Bonchev–Trinajstić information content (AvgIpc) is 2.95. The smallest absolute Gasteiger partial charge is 0.203 e. The zero-order valence-electron chi connectivity index (χ0n) is 13.7. The number of hydrogen-bond acceptors (Lipinski definition) is 3. The van der Waals surface area contributed by atoms with E-state index in [0.717, 1.165) is 29.5 Å². The van der Waals surface area contributed by atoms with E-state index in [1.54, 1.807) is 7.11 Å². The molecule has 1 N–H and O–H groups in total. The van der Waals surface area contributed by atoms with Crippen molar-refractivity contribution >= 4 is 5.95 Å². The maximum Gasteiger partial charge on any atom is 0.203 e. The summed E-state index contributed by atoms with van der Waals surface area (Å²) in [5.74, 6) is 1.72. The van der Waals surface area contributed by atoms with Gasteiger partial charge in [-0.2, -0.15) is 0 Å². The highest BCUT2D eigenvalue weighted by Gasteiger charge is 2.09. The molecule has 0 atom stereocenters.